The third kappa shape index (κ3) is 3.69. The van der Waals surface area contributed by atoms with E-state index in [1.165, 1.54) is 4.57 Å². The standard InChI is InChI=1S/C20H27N5O2/c1-3-25-10-4-5-15(12-25)21-20-23-22-18(19(27)24(20)2)16-9-8-14(11-17(16)26)13-6-7-13/h8-9,11,13,15,26H,3-7,10,12H2,1-2H3,(H,21,23)/t15-/m1/s1. The lowest BCUT2D eigenvalue weighted by atomic mass is 10.0. The Bertz CT molecular complexity index is 890. The van der Waals surface area contributed by atoms with Gasteiger partial charge in [-0.15, -0.1) is 10.2 Å². The molecule has 1 saturated heterocycles. The van der Waals surface area contributed by atoms with Gasteiger partial charge in [0.2, 0.25) is 5.95 Å². The van der Waals surface area contributed by atoms with E-state index in [0.29, 0.717) is 17.4 Å². The van der Waals surface area contributed by atoms with Crippen LogP contribution in [0.2, 0.25) is 0 Å². The van der Waals surface area contributed by atoms with E-state index < -0.39 is 0 Å². The molecule has 7 nitrogen and oxygen atoms in total. The highest BCUT2D eigenvalue weighted by molar-refractivity contribution is 5.67. The quantitative estimate of drug-likeness (QED) is 0.842. The Morgan fingerprint density at radius 3 is 2.78 bits per heavy atom. The van der Waals surface area contributed by atoms with Crippen LogP contribution in [0.15, 0.2) is 23.0 Å². The summed E-state index contributed by atoms with van der Waals surface area (Å²) in [6.07, 6.45) is 4.51. The van der Waals surface area contributed by atoms with Crippen LogP contribution in [0.1, 0.15) is 44.1 Å². The molecule has 2 heterocycles. The maximum absolute atomic E-state index is 12.8. The van der Waals surface area contributed by atoms with E-state index in [1.54, 1.807) is 19.2 Å². The molecule has 1 atom stereocenters. The topological polar surface area (TPSA) is 83.3 Å². The molecule has 0 radical (unpaired) electrons. The number of piperidine rings is 1. The van der Waals surface area contributed by atoms with Crippen molar-refractivity contribution < 1.29 is 5.11 Å². The molecule has 1 aromatic heterocycles. The van der Waals surface area contributed by atoms with Gasteiger partial charge in [0.25, 0.3) is 5.56 Å². The molecule has 144 valence electrons. The number of aromatic nitrogens is 3. The number of aromatic hydroxyl groups is 1. The van der Waals surface area contributed by atoms with Crippen molar-refractivity contribution in [1.82, 2.24) is 19.7 Å². The molecule has 1 aliphatic carbocycles. The molecule has 0 amide bonds. The highest BCUT2D eigenvalue weighted by Gasteiger charge is 2.25. The third-order valence-corrected chi connectivity index (χ3v) is 5.68. The van der Waals surface area contributed by atoms with Crippen molar-refractivity contribution in [1.29, 1.82) is 0 Å². The molecule has 27 heavy (non-hydrogen) atoms. The first kappa shape index (κ1) is 18.0. The van der Waals surface area contributed by atoms with Crippen LogP contribution >= 0.6 is 0 Å². The van der Waals surface area contributed by atoms with E-state index in [1.807, 2.05) is 6.07 Å². The first-order valence-corrected chi connectivity index (χ1v) is 9.82. The lowest BCUT2D eigenvalue weighted by Crippen LogP contribution is -2.43. The fourth-order valence-electron chi connectivity index (χ4n) is 3.82. The summed E-state index contributed by atoms with van der Waals surface area (Å²) in [7, 11) is 1.69. The summed E-state index contributed by atoms with van der Waals surface area (Å²) in [5.74, 6) is 1.11. The molecular weight excluding hydrogens is 342 g/mol. The van der Waals surface area contributed by atoms with Gasteiger partial charge >= 0.3 is 0 Å². The molecule has 1 saturated carbocycles. The number of rotatable bonds is 5. The number of likely N-dealkylation sites (tertiary alicyclic amines) is 1. The fourth-order valence-corrected chi connectivity index (χ4v) is 3.82. The van der Waals surface area contributed by atoms with Gasteiger partial charge in [0.05, 0.1) is 0 Å². The average Bonchev–Trinajstić information content (AvgIpc) is 3.52. The summed E-state index contributed by atoms with van der Waals surface area (Å²) in [6.45, 7) is 5.25. The summed E-state index contributed by atoms with van der Waals surface area (Å²) in [6, 6.07) is 5.76. The average molecular weight is 369 g/mol. The van der Waals surface area contributed by atoms with E-state index in [9.17, 15) is 9.90 Å². The molecule has 1 aliphatic heterocycles. The summed E-state index contributed by atoms with van der Waals surface area (Å²) in [4.78, 5) is 15.2. The number of benzene rings is 1. The van der Waals surface area contributed by atoms with Gasteiger partial charge in [0.15, 0.2) is 5.69 Å². The molecular formula is C20H27N5O2. The van der Waals surface area contributed by atoms with Crippen LogP contribution < -0.4 is 10.9 Å². The van der Waals surface area contributed by atoms with Crippen LogP contribution in [-0.2, 0) is 7.05 Å². The van der Waals surface area contributed by atoms with E-state index >= 15 is 0 Å². The Hall–Kier alpha value is -2.41. The zero-order chi connectivity index (χ0) is 19.0. The molecule has 4 rings (SSSR count). The van der Waals surface area contributed by atoms with Gasteiger partial charge in [-0.3, -0.25) is 9.36 Å². The number of nitrogens with one attached hydrogen (secondary N) is 1. The smallest absolute Gasteiger partial charge is 0.281 e. The van der Waals surface area contributed by atoms with Crippen molar-refractivity contribution in [2.24, 2.45) is 7.05 Å². The Labute approximate surface area is 159 Å². The third-order valence-electron chi connectivity index (χ3n) is 5.68. The Kier molecular flexibility index (Phi) is 4.86. The van der Waals surface area contributed by atoms with Gasteiger partial charge in [-0.25, -0.2) is 0 Å². The number of phenols is 1. The molecule has 0 spiro atoms. The zero-order valence-corrected chi connectivity index (χ0v) is 16.0. The number of likely N-dealkylation sites (N-methyl/N-ethyl adjacent to an activating group) is 1. The van der Waals surface area contributed by atoms with Crippen LogP contribution in [0, 0.1) is 0 Å². The molecule has 2 fully saturated rings. The Morgan fingerprint density at radius 1 is 1.26 bits per heavy atom. The SMILES string of the molecule is CCN1CCC[C@@H](Nc2nnc(-c3ccc(C4CC4)cc3O)c(=O)n2C)C1. The van der Waals surface area contributed by atoms with Crippen LogP contribution in [-0.4, -0.2) is 50.4 Å². The number of nitrogens with zero attached hydrogens (tertiary/aromatic N) is 4. The molecule has 2 N–H and O–H groups in total. The van der Waals surface area contributed by atoms with Crippen molar-refractivity contribution in [3.05, 3.63) is 34.1 Å². The van der Waals surface area contributed by atoms with Gasteiger partial charge in [0, 0.05) is 25.2 Å². The van der Waals surface area contributed by atoms with E-state index in [2.05, 4.69) is 27.3 Å². The number of anilines is 1. The maximum atomic E-state index is 12.8. The lowest BCUT2D eigenvalue weighted by Gasteiger charge is -2.32. The first-order valence-electron chi connectivity index (χ1n) is 9.82. The second-order valence-corrected chi connectivity index (χ2v) is 7.66. The first-order chi connectivity index (χ1) is 13.1. The van der Waals surface area contributed by atoms with Crippen LogP contribution in [0.25, 0.3) is 11.3 Å². The van der Waals surface area contributed by atoms with Crippen molar-refractivity contribution in [2.45, 2.75) is 44.6 Å². The molecule has 0 unspecified atom stereocenters. The van der Waals surface area contributed by atoms with Crippen LogP contribution in [0.3, 0.4) is 0 Å². The maximum Gasteiger partial charge on any atom is 0.281 e. The normalized spacial score (nSPS) is 20.6. The monoisotopic (exact) mass is 369 g/mol. The van der Waals surface area contributed by atoms with E-state index in [4.69, 9.17) is 0 Å². The molecule has 7 heteroatoms. The van der Waals surface area contributed by atoms with Gasteiger partial charge in [-0.2, -0.15) is 0 Å². The molecule has 1 aromatic carbocycles. The molecule has 2 aromatic rings. The number of hydrogen-bond acceptors (Lipinski definition) is 6. The summed E-state index contributed by atoms with van der Waals surface area (Å²) >= 11 is 0. The van der Waals surface area contributed by atoms with E-state index in [-0.39, 0.29) is 23.0 Å². The van der Waals surface area contributed by atoms with E-state index in [0.717, 1.165) is 50.9 Å². The minimum absolute atomic E-state index is 0.0948. The van der Waals surface area contributed by atoms with Crippen molar-refractivity contribution in [2.75, 3.05) is 25.0 Å². The second-order valence-electron chi connectivity index (χ2n) is 7.66. The van der Waals surface area contributed by atoms with Gasteiger partial charge in [-0.05, 0) is 62.4 Å². The second kappa shape index (κ2) is 7.31. The summed E-state index contributed by atoms with van der Waals surface area (Å²) < 4.78 is 1.49. The zero-order valence-electron chi connectivity index (χ0n) is 16.0. The predicted octanol–water partition coefficient (Wildman–Crippen LogP) is 2.32. The van der Waals surface area contributed by atoms with Gasteiger partial charge in [0.1, 0.15) is 5.75 Å². The highest BCUT2D eigenvalue weighted by Crippen LogP contribution is 2.42. The summed E-state index contributed by atoms with van der Waals surface area (Å²) in [5.41, 5.74) is 1.48. The molecule has 2 aliphatic rings. The van der Waals surface area contributed by atoms with Crippen molar-refractivity contribution in [3.8, 4) is 17.0 Å². The van der Waals surface area contributed by atoms with Crippen LogP contribution in [0.5, 0.6) is 5.75 Å². The van der Waals surface area contributed by atoms with Gasteiger partial charge < -0.3 is 15.3 Å². The van der Waals surface area contributed by atoms with Crippen molar-refractivity contribution >= 4 is 5.95 Å². The fraction of sp³-hybridized carbons (Fsp3) is 0.550. The highest BCUT2D eigenvalue weighted by atomic mass is 16.3. The lowest BCUT2D eigenvalue weighted by molar-refractivity contribution is 0.226. The van der Waals surface area contributed by atoms with Crippen molar-refractivity contribution in [3.63, 3.8) is 0 Å². The Balaban J connectivity index is 1.58. The number of hydrogen-bond donors (Lipinski definition) is 2. The predicted molar refractivity (Wildman–Crippen MR) is 105 cm³/mol. The van der Waals surface area contributed by atoms with Gasteiger partial charge in [-0.1, -0.05) is 13.0 Å². The minimum atomic E-state index is -0.259. The van der Waals surface area contributed by atoms with Crippen LogP contribution in [0.4, 0.5) is 5.95 Å². The molecule has 0 bridgehead atoms. The minimum Gasteiger partial charge on any atom is -0.507 e. The summed E-state index contributed by atoms with van der Waals surface area (Å²) in [5, 5.41) is 22.1. The number of phenolic OH excluding ortho intramolecular Hbond substituents is 1. The Morgan fingerprint density at radius 2 is 2.07 bits per heavy atom. The largest absolute Gasteiger partial charge is 0.507 e.